The number of carbonyl (C=O) groups is 1. The maximum atomic E-state index is 13.5. The molecule has 3 aromatic carbocycles. The molecule has 4 rings (SSSR count). The molecule has 0 saturated carbocycles. The van der Waals surface area contributed by atoms with Crippen LogP contribution in [0.15, 0.2) is 66.7 Å². The molecule has 0 spiro atoms. The van der Waals surface area contributed by atoms with E-state index in [-0.39, 0.29) is 11.9 Å². The highest BCUT2D eigenvalue weighted by atomic mass is 16.6. The van der Waals surface area contributed by atoms with Gasteiger partial charge < -0.3 is 19.7 Å². The molecule has 1 amide bonds. The van der Waals surface area contributed by atoms with Crippen molar-refractivity contribution < 1.29 is 19.2 Å². The first-order chi connectivity index (χ1) is 15.0. The zero-order valence-corrected chi connectivity index (χ0v) is 18.3. The van der Waals surface area contributed by atoms with Crippen LogP contribution in [0.1, 0.15) is 28.3 Å². The van der Waals surface area contributed by atoms with Crippen LogP contribution in [0.2, 0.25) is 0 Å². The smallest absolute Gasteiger partial charge is 0.287 e. The molecule has 2 atom stereocenters. The van der Waals surface area contributed by atoms with Crippen LogP contribution in [-0.4, -0.2) is 26.2 Å². The number of aryl methyl sites for hydroxylation is 2. The third-order valence-electron chi connectivity index (χ3n) is 5.63. The van der Waals surface area contributed by atoms with Gasteiger partial charge >= 0.3 is 0 Å². The molecule has 0 radical (unpaired) electrons. The van der Waals surface area contributed by atoms with Crippen LogP contribution < -0.4 is 19.7 Å². The summed E-state index contributed by atoms with van der Waals surface area (Å²) in [5.41, 5.74) is 5.12. The standard InChI is InChI=1S/C26H28N2O3/c1-18-9-10-19(2)22(15-18)27-26(29)25(21-7-5-4-6-8-21)28(3)17-20-11-12-23-24(16-20)31-14-13-30-23/h4-12,15-16,25H,13-14,17H2,1-3H3,(H,27,29)/p+1/t25-/m1/s1. The second kappa shape index (κ2) is 9.23. The zero-order valence-electron chi connectivity index (χ0n) is 18.3. The van der Waals surface area contributed by atoms with E-state index >= 15 is 0 Å². The van der Waals surface area contributed by atoms with Gasteiger partial charge in [0.15, 0.2) is 17.5 Å². The summed E-state index contributed by atoms with van der Waals surface area (Å²) in [5.74, 6) is 1.53. The van der Waals surface area contributed by atoms with Gasteiger partial charge in [-0.05, 0) is 49.2 Å². The molecule has 160 valence electrons. The Bertz CT molecular complexity index is 1070. The number of carbonyl (C=O) groups excluding carboxylic acids is 1. The average molecular weight is 418 g/mol. The van der Waals surface area contributed by atoms with Crippen LogP contribution in [0.3, 0.4) is 0 Å². The Kier molecular flexibility index (Phi) is 6.23. The number of amides is 1. The second-order valence-corrected chi connectivity index (χ2v) is 8.15. The number of anilines is 1. The van der Waals surface area contributed by atoms with Gasteiger partial charge in [0.25, 0.3) is 5.91 Å². The fourth-order valence-corrected chi connectivity index (χ4v) is 4.00. The maximum Gasteiger partial charge on any atom is 0.287 e. The molecule has 1 aliphatic heterocycles. The van der Waals surface area contributed by atoms with Crippen LogP contribution in [0, 0.1) is 13.8 Å². The molecule has 0 aromatic heterocycles. The largest absolute Gasteiger partial charge is 0.486 e. The minimum atomic E-state index is -0.352. The quantitative estimate of drug-likeness (QED) is 0.646. The van der Waals surface area contributed by atoms with E-state index in [0.29, 0.717) is 19.8 Å². The highest BCUT2D eigenvalue weighted by molar-refractivity contribution is 5.95. The number of rotatable bonds is 6. The Balaban J connectivity index is 1.59. The molecule has 0 saturated heterocycles. The summed E-state index contributed by atoms with van der Waals surface area (Å²) in [5, 5.41) is 3.16. The Morgan fingerprint density at radius 3 is 2.48 bits per heavy atom. The van der Waals surface area contributed by atoms with E-state index in [1.54, 1.807) is 0 Å². The van der Waals surface area contributed by atoms with Gasteiger partial charge in [0.2, 0.25) is 0 Å². The first kappa shape index (κ1) is 20.9. The van der Waals surface area contributed by atoms with Gasteiger partial charge in [-0.1, -0.05) is 42.5 Å². The summed E-state index contributed by atoms with van der Waals surface area (Å²) in [4.78, 5) is 14.5. The number of quaternary nitrogens is 1. The lowest BCUT2D eigenvalue weighted by Gasteiger charge is -2.26. The molecule has 3 aromatic rings. The number of nitrogens with one attached hydrogen (secondary N) is 2. The molecule has 2 N–H and O–H groups in total. The van der Waals surface area contributed by atoms with Crippen molar-refractivity contribution in [3.8, 4) is 11.5 Å². The van der Waals surface area contributed by atoms with Crippen molar-refractivity contribution >= 4 is 11.6 Å². The van der Waals surface area contributed by atoms with E-state index < -0.39 is 0 Å². The number of ether oxygens (including phenoxy) is 2. The summed E-state index contributed by atoms with van der Waals surface area (Å²) < 4.78 is 11.4. The lowest BCUT2D eigenvalue weighted by molar-refractivity contribution is -0.915. The molecule has 5 heteroatoms. The highest BCUT2D eigenvalue weighted by Gasteiger charge is 2.30. The summed E-state index contributed by atoms with van der Waals surface area (Å²) >= 11 is 0. The van der Waals surface area contributed by atoms with Crippen molar-refractivity contribution in [2.24, 2.45) is 0 Å². The van der Waals surface area contributed by atoms with Gasteiger partial charge in [0, 0.05) is 16.8 Å². The molecule has 1 aliphatic rings. The van der Waals surface area contributed by atoms with E-state index in [1.165, 1.54) is 0 Å². The normalized spacial score (nSPS) is 14.5. The first-order valence-corrected chi connectivity index (χ1v) is 10.6. The minimum absolute atomic E-state index is 0.0186. The average Bonchev–Trinajstić information content (AvgIpc) is 2.77. The van der Waals surface area contributed by atoms with Crippen molar-refractivity contribution in [1.29, 1.82) is 0 Å². The maximum absolute atomic E-state index is 13.5. The van der Waals surface area contributed by atoms with Gasteiger partial charge in [-0.25, -0.2) is 0 Å². The van der Waals surface area contributed by atoms with Gasteiger partial charge in [0.1, 0.15) is 19.8 Å². The monoisotopic (exact) mass is 417 g/mol. The third-order valence-corrected chi connectivity index (χ3v) is 5.63. The molecule has 0 aliphatic carbocycles. The summed E-state index contributed by atoms with van der Waals surface area (Å²) in [6.45, 7) is 5.86. The second-order valence-electron chi connectivity index (χ2n) is 8.15. The predicted octanol–water partition coefficient (Wildman–Crippen LogP) is 3.47. The number of hydrogen-bond donors (Lipinski definition) is 2. The number of fused-ring (bicyclic) bond motifs is 1. The first-order valence-electron chi connectivity index (χ1n) is 10.6. The molecular weight excluding hydrogens is 388 g/mol. The zero-order chi connectivity index (χ0) is 21.8. The number of hydrogen-bond acceptors (Lipinski definition) is 3. The molecule has 31 heavy (non-hydrogen) atoms. The van der Waals surface area contributed by atoms with Crippen LogP contribution in [0.5, 0.6) is 11.5 Å². The summed E-state index contributed by atoms with van der Waals surface area (Å²) in [7, 11) is 2.05. The van der Waals surface area contributed by atoms with E-state index in [4.69, 9.17) is 9.47 Å². The molecular formula is C26H29N2O3+. The van der Waals surface area contributed by atoms with Crippen molar-refractivity contribution in [3.63, 3.8) is 0 Å². The van der Waals surface area contributed by atoms with E-state index in [1.807, 2.05) is 74.5 Å². The summed E-state index contributed by atoms with van der Waals surface area (Å²) in [6, 6.07) is 21.7. The number of benzene rings is 3. The van der Waals surface area contributed by atoms with Crippen LogP contribution in [0.4, 0.5) is 5.69 Å². The minimum Gasteiger partial charge on any atom is -0.486 e. The fourth-order valence-electron chi connectivity index (χ4n) is 4.00. The Hall–Kier alpha value is -3.31. The van der Waals surface area contributed by atoms with Gasteiger partial charge in [0.05, 0.1) is 7.05 Å². The van der Waals surface area contributed by atoms with E-state index in [9.17, 15) is 4.79 Å². The van der Waals surface area contributed by atoms with Crippen molar-refractivity contribution in [2.45, 2.75) is 26.4 Å². The molecule has 5 nitrogen and oxygen atoms in total. The molecule has 0 fully saturated rings. The lowest BCUT2D eigenvalue weighted by atomic mass is 10.0. The number of likely N-dealkylation sites (N-methyl/N-ethyl adjacent to an activating group) is 1. The van der Waals surface area contributed by atoms with Crippen LogP contribution >= 0.6 is 0 Å². The van der Waals surface area contributed by atoms with E-state index in [0.717, 1.165) is 44.3 Å². The van der Waals surface area contributed by atoms with E-state index in [2.05, 4.69) is 18.4 Å². The van der Waals surface area contributed by atoms with Gasteiger partial charge in [-0.15, -0.1) is 0 Å². The fraction of sp³-hybridized carbons (Fsp3) is 0.269. The predicted molar refractivity (Wildman–Crippen MR) is 122 cm³/mol. The highest BCUT2D eigenvalue weighted by Crippen LogP contribution is 2.30. The van der Waals surface area contributed by atoms with Gasteiger partial charge in [-0.2, -0.15) is 0 Å². The topological polar surface area (TPSA) is 52.0 Å². The van der Waals surface area contributed by atoms with Crippen LogP contribution in [0.25, 0.3) is 0 Å². The van der Waals surface area contributed by atoms with Crippen LogP contribution in [-0.2, 0) is 11.3 Å². The molecule has 0 bridgehead atoms. The summed E-state index contributed by atoms with van der Waals surface area (Å²) in [6.07, 6.45) is 0. The molecule has 1 heterocycles. The molecule has 1 unspecified atom stereocenters. The van der Waals surface area contributed by atoms with Crippen molar-refractivity contribution in [1.82, 2.24) is 0 Å². The van der Waals surface area contributed by atoms with Crippen molar-refractivity contribution in [3.05, 3.63) is 89.0 Å². The third kappa shape index (κ3) is 4.89. The Labute approximate surface area is 183 Å². The SMILES string of the molecule is Cc1ccc(C)c(NC(=O)[C@@H](c2ccccc2)[NH+](C)Cc2ccc3c(c2)OCCO3)c1. The van der Waals surface area contributed by atoms with Gasteiger partial charge in [-0.3, -0.25) is 4.79 Å². The lowest BCUT2D eigenvalue weighted by Crippen LogP contribution is -3.09. The Morgan fingerprint density at radius 1 is 0.968 bits per heavy atom. The Morgan fingerprint density at radius 2 is 1.71 bits per heavy atom. The van der Waals surface area contributed by atoms with Crippen molar-refractivity contribution in [2.75, 3.05) is 25.6 Å².